The van der Waals surface area contributed by atoms with Gasteiger partial charge in [0.2, 0.25) is 0 Å². The van der Waals surface area contributed by atoms with Crippen LogP contribution in [0.15, 0.2) is 29.2 Å². The summed E-state index contributed by atoms with van der Waals surface area (Å²) in [6.45, 7) is 5.07. The summed E-state index contributed by atoms with van der Waals surface area (Å²) in [6.07, 6.45) is 5.54. The van der Waals surface area contributed by atoms with Crippen LogP contribution in [0, 0.1) is 6.92 Å². The molecule has 1 fully saturated rings. The van der Waals surface area contributed by atoms with Crippen LogP contribution in [-0.4, -0.2) is 22.2 Å². The van der Waals surface area contributed by atoms with Crippen LogP contribution in [0.1, 0.15) is 44.6 Å². The van der Waals surface area contributed by atoms with Crippen molar-refractivity contribution >= 4 is 10.8 Å². The van der Waals surface area contributed by atoms with E-state index in [0.717, 1.165) is 37.2 Å². The molecule has 2 nitrogen and oxygen atoms in total. The zero-order valence-electron chi connectivity index (χ0n) is 12.0. The van der Waals surface area contributed by atoms with Crippen LogP contribution in [0.3, 0.4) is 0 Å². The van der Waals surface area contributed by atoms with Gasteiger partial charge in [0.25, 0.3) is 0 Å². The van der Waals surface area contributed by atoms with E-state index in [1.54, 1.807) is 0 Å². The van der Waals surface area contributed by atoms with Crippen LogP contribution in [0.2, 0.25) is 0 Å². The normalized spacial score (nSPS) is 24.5. The summed E-state index contributed by atoms with van der Waals surface area (Å²) in [5.41, 5.74) is 1.07. The third kappa shape index (κ3) is 3.90. The van der Waals surface area contributed by atoms with E-state index in [1.807, 2.05) is 24.3 Å². The van der Waals surface area contributed by atoms with Gasteiger partial charge in [0.05, 0.1) is 22.2 Å². The summed E-state index contributed by atoms with van der Waals surface area (Å²) in [6, 6.07) is 8.02. The summed E-state index contributed by atoms with van der Waals surface area (Å²) in [5.74, 6) is 0.649. The minimum Gasteiger partial charge on any atom is -0.374 e. The van der Waals surface area contributed by atoms with E-state index in [1.165, 1.54) is 12.0 Å². The molecule has 3 heteroatoms. The van der Waals surface area contributed by atoms with Crippen LogP contribution in [-0.2, 0) is 15.5 Å². The van der Waals surface area contributed by atoms with Crippen molar-refractivity contribution in [3.8, 4) is 0 Å². The second-order valence-electron chi connectivity index (χ2n) is 5.54. The fraction of sp³-hybridized carbons (Fsp3) is 0.625. The van der Waals surface area contributed by atoms with Crippen molar-refractivity contribution in [1.29, 1.82) is 0 Å². The molecular formula is C16H24O2S. The first kappa shape index (κ1) is 14.7. The number of hydrogen-bond donors (Lipinski definition) is 0. The summed E-state index contributed by atoms with van der Waals surface area (Å²) >= 11 is 0. The summed E-state index contributed by atoms with van der Waals surface area (Å²) in [4.78, 5) is 0.928. The second kappa shape index (κ2) is 6.67. The van der Waals surface area contributed by atoms with Gasteiger partial charge in [-0.3, -0.25) is 4.21 Å². The van der Waals surface area contributed by atoms with Crippen LogP contribution < -0.4 is 0 Å². The molecule has 0 spiro atoms. The number of unbranched alkanes of at least 4 members (excludes halogenated alkanes) is 1. The monoisotopic (exact) mass is 280 g/mol. The Hall–Kier alpha value is -0.670. The van der Waals surface area contributed by atoms with Gasteiger partial charge in [0.1, 0.15) is 0 Å². The van der Waals surface area contributed by atoms with E-state index in [-0.39, 0.29) is 5.60 Å². The van der Waals surface area contributed by atoms with E-state index < -0.39 is 10.8 Å². The van der Waals surface area contributed by atoms with E-state index in [4.69, 9.17) is 4.74 Å². The molecule has 2 rings (SSSR count). The highest BCUT2D eigenvalue weighted by atomic mass is 32.2. The average molecular weight is 280 g/mol. The third-order valence-corrected chi connectivity index (χ3v) is 5.44. The molecule has 0 aromatic heterocycles. The molecule has 0 amide bonds. The standard InChI is InChI=1S/C16H24O2S/c1-3-4-10-16(11-5-12-18-16)13-19(17)15-8-6-14(2)7-9-15/h6-9H,3-5,10-13H2,1-2H3/t16-,19?/m0/s1. The van der Waals surface area contributed by atoms with Crippen molar-refractivity contribution in [1.82, 2.24) is 0 Å². The van der Waals surface area contributed by atoms with Crippen molar-refractivity contribution in [2.75, 3.05) is 12.4 Å². The first-order chi connectivity index (χ1) is 9.15. The van der Waals surface area contributed by atoms with Gasteiger partial charge in [0.15, 0.2) is 0 Å². The fourth-order valence-corrected chi connectivity index (χ4v) is 4.11. The molecular weight excluding hydrogens is 256 g/mol. The Kier molecular flexibility index (Phi) is 5.17. The lowest BCUT2D eigenvalue weighted by Gasteiger charge is -2.27. The molecule has 106 valence electrons. The lowest BCUT2D eigenvalue weighted by atomic mass is 9.96. The average Bonchev–Trinajstić information content (AvgIpc) is 2.86. The molecule has 1 heterocycles. The molecule has 0 N–H and O–H groups in total. The third-order valence-electron chi connectivity index (χ3n) is 3.85. The van der Waals surface area contributed by atoms with Crippen molar-refractivity contribution < 1.29 is 8.95 Å². The number of ether oxygens (including phenoxy) is 1. The van der Waals surface area contributed by atoms with Gasteiger partial charge in [-0.2, -0.15) is 0 Å². The van der Waals surface area contributed by atoms with Gasteiger partial charge in [-0.15, -0.1) is 0 Å². The number of rotatable bonds is 6. The Labute approximate surface area is 119 Å². The molecule has 0 bridgehead atoms. The zero-order valence-corrected chi connectivity index (χ0v) is 12.8. The number of hydrogen-bond acceptors (Lipinski definition) is 2. The second-order valence-corrected chi connectivity index (χ2v) is 6.99. The zero-order chi connectivity index (χ0) is 13.7. The first-order valence-corrected chi connectivity index (χ1v) is 8.56. The van der Waals surface area contributed by atoms with E-state index in [9.17, 15) is 4.21 Å². The smallest absolute Gasteiger partial charge is 0.0801 e. The molecule has 1 aromatic rings. The Bertz CT molecular complexity index is 419. The predicted molar refractivity (Wildman–Crippen MR) is 79.9 cm³/mol. The molecule has 2 atom stereocenters. The lowest BCUT2D eigenvalue weighted by Crippen LogP contribution is -2.34. The van der Waals surface area contributed by atoms with E-state index in [2.05, 4.69) is 13.8 Å². The van der Waals surface area contributed by atoms with Crippen LogP contribution in [0.4, 0.5) is 0 Å². The van der Waals surface area contributed by atoms with Crippen molar-refractivity contribution in [3.05, 3.63) is 29.8 Å². The van der Waals surface area contributed by atoms with E-state index >= 15 is 0 Å². The van der Waals surface area contributed by atoms with Crippen molar-refractivity contribution in [3.63, 3.8) is 0 Å². The Morgan fingerprint density at radius 3 is 2.63 bits per heavy atom. The van der Waals surface area contributed by atoms with Crippen LogP contribution in [0.25, 0.3) is 0 Å². The maximum Gasteiger partial charge on any atom is 0.0801 e. The highest BCUT2D eigenvalue weighted by Gasteiger charge is 2.36. The highest BCUT2D eigenvalue weighted by Crippen LogP contribution is 2.33. The Morgan fingerprint density at radius 1 is 1.32 bits per heavy atom. The molecule has 1 unspecified atom stereocenters. The minimum absolute atomic E-state index is 0.133. The highest BCUT2D eigenvalue weighted by molar-refractivity contribution is 7.85. The van der Waals surface area contributed by atoms with Crippen molar-refractivity contribution in [2.45, 2.75) is 56.4 Å². The number of aryl methyl sites for hydroxylation is 1. The summed E-state index contributed by atoms with van der Waals surface area (Å²) in [7, 11) is -0.949. The van der Waals surface area contributed by atoms with Crippen LogP contribution in [0.5, 0.6) is 0 Å². The van der Waals surface area contributed by atoms with E-state index in [0.29, 0.717) is 5.75 Å². The molecule has 0 aliphatic carbocycles. The molecule has 0 saturated carbocycles. The maximum absolute atomic E-state index is 12.5. The molecule has 1 aliphatic heterocycles. The Balaban J connectivity index is 2.04. The van der Waals surface area contributed by atoms with Gasteiger partial charge in [0, 0.05) is 11.5 Å². The van der Waals surface area contributed by atoms with Crippen molar-refractivity contribution in [2.24, 2.45) is 0 Å². The maximum atomic E-state index is 12.5. The summed E-state index contributed by atoms with van der Waals surface area (Å²) < 4.78 is 18.5. The fourth-order valence-electron chi connectivity index (χ4n) is 2.65. The summed E-state index contributed by atoms with van der Waals surface area (Å²) in [5, 5.41) is 0. The van der Waals surface area contributed by atoms with Gasteiger partial charge < -0.3 is 4.74 Å². The quantitative estimate of drug-likeness (QED) is 0.791. The topological polar surface area (TPSA) is 26.3 Å². The number of benzene rings is 1. The van der Waals surface area contributed by atoms with Gasteiger partial charge in [-0.25, -0.2) is 0 Å². The molecule has 1 aromatic carbocycles. The SMILES string of the molecule is CCCC[C@@]1(CS(=O)c2ccc(C)cc2)CCCO1. The molecule has 19 heavy (non-hydrogen) atoms. The molecule has 0 radical (unpaired) electrons. The largest absolute Gasteiger partial charge is 0.374 e. The van der Waals surface area contributed by atoms with Gasteiger partial charge in [-0.1, -0.05) is 37.5 Å². The minimum atomic E-state index is -0.949. The van der Waals surface area contributed by atoms with Gasteiger partial charge in [-0.05, 0) is 38.3 Å². The lowest BCUT2D eigenvalue weighted by molar-refractivity contribution is 0.0151. The first-order valence-electron chi connectivity index (χ1n) is 7.24. The predicted octanol–water partition coefficient (Wildman–Crippen LogP) is 3.84. The van der Waals surface area contributed by atoms with Gasteiger partial charge >= 0.3 is 0 Å². The Morgan fingerprint density at radius 2 is 2.05 bits per heavy atom. The molecule has 1 aliphatic rings. The van der Waals surface area contributed by atoms with Crippen LogP contribution >= 0.6 is 0 Å². The molecule has 1 saturated heterocycles.